The molecule has 1 fully saturated rings. The molecule has 0 spiro atoms. The van der Waals surface area contributed by atoms with Crippen molar-refractivity contribution in [1.29, 1.82) is 0 Å². The molecule has 26 heavy (non-hydrogen) atoms. The highest BCUT2D eigenvalue weighted by molar-refractivity contribution is 5.97. The Labute approximate surface area is 154 Å². The fourth-order valence-corrected chi connectivity index (χ4v) is 3.90. The van der Waals surface area contributed by atoms with Crippen LogP contribution in [0.3, 0.4) is 0 Å². The second-order valence-corrected chi connectivity index (χ2v) is 6.57. The Morgan fingerprint density at radius 2 is 1.81 bits per heavy atom. The lowest BCUT2D eigenvalue weighted by atomic mass is 9.94. The number of carbonyl (C=O) groups is 1. The van der Waals surface area contributed by atoms with E-state index in [1.807, 2.05) is 43.3 Å². The summed E-state index contributed by atoms with van der Waals surface area (Å²) in [5.74, 6) is -0.219. The maximum Gasteiger partial charge on any atom is 0.336 e. The molecular weight excluding hydrogens is 326 g/mol. The van der Waals surface area contributed by atoms with E-state index in [0.717, 1.165) is 23.3 Å². The van der Waals surface area contributed by atoms with E-state index in [0.29, 0.717) is 19.6 Å². The molecule has 2 aliphatic rings. The number of hydrogen-bond acceptors (Lipinski definition) is 4. The quantitative estimate of drug-likeness (QED) is 0.777. The lowest BCUT2D eigenvalue weighted by Gasteiger charge is -2.37. The molecule has 0 saturated carbocycles. The van der Waals surface area contributed by atoms with Crippen molar-refractivity contribution >= 4 is 11.7 Å². The van der Waals surface area contributed by atoms with Crippen molar-refractivity contribution in [3.8, 4) is 0 Å². The fourth-order valence-electron chi connectivity index (χ4n) is 3.90. The van der Waals surface area contributed by atoms with Gasteiger partial charge >= 0.3 is 5.97 Å². The lowest BCUT2D eigenvalue weighted by molar-refractivity contribution is -0.139. The van der Waals surface area contributed by atoms with Crippen LogP contribution in [0.25, 0.3) is 5.70 Å². The van der Waals surface area contributed by atoms with Crippen molar-refractivity contribution in [2.75, 3.05) is 13.2 Å². The van der Waals surface area contributed by atoms with Crippen LogP contribution in [0.5, 0.6) is 0 Å². The van der Waals surface area contributed by atoms with Crippen molar-refractivity contribution in [2.24, 2.45) is 0 Å². The summed E-state index contributed by atoms with van der Waals surface area (Å²) < 4.78 is 11.5. The third-order valence-corrected chi connectivity index (χ3v) is 5.03. The predicted molar refractivity (Wildman–Crippen MR) is 100.0 cm³/mol. The second kappa shape index (κ2) is 7.34. The van der Waals surface area contributed by atoms with E-state index in [9.17, 15) is 4.79 Å². The molecule has 2 atom stereocenters. The molecule has 4 heteroatoms. The average Bonchev–Trinajstić information content (AvgIpc) is 3.13. The van der Waals surface area contributed by atoms with E-state index in [4.69, 9.17) is 9.47 Å². The molecule has 1 saturated heterocycles. The largest absolute Gasteiger partial charge is 0.463 e. The van der Waals surface area contributed by atoms with Crippen LogP contribution in [0, 0.1) is 0 Å². The molecule has 134 valence electrons. The van der Waals surface area contributed by atoms with Gasteiger partial charge in [-0.3, -0.25) is 0 Å². The summed E-state index contributed by atoms with van der Waals surface area (Å²) in [7, 11) is 0. The molecule has 0 bridgehead atoms. The Morgan fingerprint density at radius 1 is 1.12 bits per heavy atom. The van der Waals surface area contributed by atoms with Crippen molar-refractivity contribution in [1.82, 2.24) is 4.90 Å². The Balaban J connectivity index is 1.83. The zero-order chi connectivity index (χ0) is 17.9. The molecule has 2 aromatic carbocycles. The number of benzene rings is 2. The molecular formula is C22H23NO3. The minimum atomic E-state index is -0.219. The van der Waals surface area contributed by atoms with E-state index in [1.165, 1.54) is 5.56 Å². The first kappa shape index (κ1) is 16.9. The summed E-state index contributed by atoms with van der Waals surface area (Å²) in [6.45, 7) is 2.85. The number of esters is 1. The molecule has 0 amide bonds. The van der Waals surface area contributed by atoms with E-state index in [-0.39, 0.29) is 18.2 Å². The molecule has 2 aromatic rings. The summed E-state index contributed by atoms with van der Waals surface area (Å²) in [6, 6.07) is 20.6. The number of nitrogens with zero attached hydrogens (tertiary/aromatic N) is 1. The van der Waals surface area contributed by atoms with Gasteiger partial charge in [-0.05, 0) is 30.9 Å². The Bertz CT molecular complexity index is 801. The van der Waals surface area contributed by atoms with Crippen LogP contribution in [0.2, 0.25) is 0 Å². The maximum atomic E-state index is 12.7. The summed E-state index contributed by atoms with van der Waals surface area (Å²) in [6.07, 6.45) is 1.47. The highest BCUT2D eigenvalue weighted by Gasteiger charge is 2.42. The highest BCUT2D eigenvalue weighted by Crippen LogP contribution is 2.44. The van der Waals surface area contributed by atoms with E-state index >= 15 is 0 Å². The molecule has 0 aliphatic carbocycles. The molecule has 4 nitrogen and oxygen atoms in total. The smallest absolute Gasteiger partial charge is 0.336 e. The predicted octanol–water partition coefficient (Wildman–Crippen LogP) is 4.15. The normalized spacial score (nSPS) is 22.3. The van der Waals surface area contributed by atoms with Gasteiger partial charge in [-0.2, -0.15) is 0 Å². The number of hydrogen-bond donors (Lipinski definition) is 0. The molecule has 0 radical (unpaired) electrons. The Kier molecular flexibility index (Phi) is 4.76. The lowest BCUT2D eigenvalue weighted by Crippen LogP contribution is -2.36. The minimum Gasteiger partial charge on any atom is -0.463 e. The second-order valence-electron chi connectivity index (χ2n) is 6.57. The van der Waals surface area contributed by atoms with Gasteiger partial charge in [0, 0.05) is 0 Å². The molecule has 2 aliphatic heterocycles. The van der Waals surface area contributed by atoms with Gasteiger partial charge in [0.2, 0.25) is 0 Å². The third-order valence-electron chi connectivity index (χ3n) is 5.03. The van der Waals surface area contributed by atoms with E-state index in [1.54, 1.807) is 0 Å². The van der Waals surface area contributed by atoms with Gasteiger partial charge < -0.3 is 14.4 Å². The average molecular weight is 349 g/mol. The van der Waals surface area contributed by atoms with E-state index in [2.05, 4.69) is 29.2 Å². The van der Waals surface area contributed by atoms with Crippen LogP contribution in [0.1, 0.15) is 36.9 Å². The molecule has 0 aromatic heterocycles. The van der Waals surface area contributed by atoms with Crippen molar-refractivity contribution in [2.45, 2.75) is 32.0 Å². The van der Waals surface area contributed by atoms with Crippen LogP contribution in [0.15, 0.2) is 66.2 Å². The van der Waals surface area contributed by atoms with Gasteiger partial charge in [-0.15, -0.1) is 0 Å². The maximum absolute atomic E-state index is 12.7. The molecule has 2 heterocycles. The molecule has 0 N–H and O–H groups in total. The zero-order valence-corrected chi connectivity index (χ0v) is 14.9. The van der Waals surface area contributed by atoms with Crippen LogP contribution in [0.4, 0.5) is 0 Å². The summed E-state index contributed by atoms with van der Waals surface area (Å²) in [5, 5.41) is 0. The zero-order valence-electron chi connectivity index (χ0n) is 14.9. The Morgan fingerprint density at radius 3 is 2.50 bits per heavy atom. The van der Waals surface area contributed by atoms with Gasteiger partial charge in [0.05, 0.1) is 30.5 Å². The van der Waals surface area contributed by atoms with E-state index < -0.39 is 0 Å². The first-order valence-electron chi connectivity index (χ1n) is 9.20. The monoisotopic (exact) mass is 349 g/mol. The highest BCUT2D eigenvalue weighted by atomic mass is 16.5. The molecule has 4 rings (SSSR count). The van der Waals surface area contributed by atoms with Crippen molar-refractivity contribution in [3.63, 3.8) is 0 Å². The number of ether oxygens (including phenoxy) is 2. The summed E-state index contributed by atoms with van der Waals surface area (Å²) in [4.78, 5) is 14.9. The van der Waals surface area contributed by atoms with Crippen molar-refractivity contribution < 1.29 is 14.3 Å². The third kappa shape index (κ3) is 3.01. The minimum absolute atomic E-state index is 0.00594. The van der Waals surface area contributed by atoms with Crippen molar-refractivity contribution in [3.05, 3.63) is 77.4 Å². The van der Waals surface area contributed by atoms with Gasteiger partial charge in [0.25, 0.3) is 0 Å². The van der Waals surface area contributed by atoms with Gasteiger partial charge in [0.15, 0.2) is 0 Å². The Hall–Kier alpha value is -2.59. The molecule has 0 unspecified atom stereocenters. The summed E-state index contributed by atoms with van der Waals surface area (Å²) >= 11 is 0. The topological polar surface area (TPSA) is 38.8 Å². The van der Waals surface area contributed by atoms with Gasteiger partial charge in [0.1, 0.15) is 6.23 Å². The number of fused-ring (bicyclic) bond motifs is 1. The van der Waals surface area contributed by atoms with Crippen LogP contribution >= 0.6 is 0 Å². The first-order chi connectivity index (χ1) is 12.8. The fraction of sp³-hybridized carbons (Fsp3) is 0.318. The standard InChI is InChI=1S/C22H23NO3/c1-2-25-22(24)18-13-14-20-23(21(18)17-11-7-4-8-12-17)19(15-26-20)16-9-5-3-6-10-16/h3-12,19-20H,2,13-15H2,1H3/t19-,20-/m1/s1. The van der Waals surface area contributed by atoms with Gasteiger partial charge in [-0.1, -0.05) is 60.7 Å². The summed E-state index contributed by atoms with van der Waals surface area (Å²) in [5.41, 5.74) is 3.94. The number of rotatable bonds is 4. The van der Waals surface area contributed by atoms with Crippen LogP contribution < -0.4 is 0 Å². The SMILES string of the molecule is CCOC(=O)C1=C(c2ccccc2)N2[C@@H](c3ccccc3)CO[C@@H]2CC1. The van der Waals surface area contributed by atoms with Gasteiger partial charge in [-0.25, -0.2) is 4.79 Å². The number of carbonyl (C=O) groups excluding carboxylic acids is 1. The van der Waals surface area contributed by atoms with Crippen LogP contribution in [-0.4, -0.2) is 30.3 Å². The van der Waals surface area contributed by atoms with Crippen LogP contribution in [-0.2, 0) is 14.3 Å². The first-order valence-corrected chi connectivity index (χ1v) is 9.20.